The van der Waals surface area contributed by atoms with Crippen LogP contribution in [0.5, 0.6) is 0 Å². The monoisotopic (exact) mass is 249 g/mol. The average molecular weight is 249 g/mol. The molecule has 0 aliphatic rings. The highest BCUT2D eigenvalue weighted by molar-refractivity contribution is 5.97. The topological polar surface area (TPSA) is 115 Å². The summed E-state index contributed by atoms with van der Waals surface area (Å²) < 4.78 is 0. The number of amides is 1. The van der Waals surface area contributed by atoms with E-state index in [4.69, 9.17) is 10.2 Å². The number of carboxylic acids is 1. The SMILES string of the molecule is O=C(NCC(O)C(=O)O)c1ccc2cn[nH]c2c1. The number of carbonyl (C=O) groups excluding carboxylic acids is 1. The van der Waals surface area contributed by atoms with Gasteiger partial charge >= 0.3 is 5.97 Å². The molecule has 0 aliphatic carbocycles. The zero-order valence-electron chi connectivity index (χ0n) is 9.25. The summed E-state index contributed by atoms with van der Waals surface area (Å²) in [5, 5.41) is 27.2. The lowest BCUT2D eigenvalue weighted by molar-refractivity contribution is -0.146. The Bertz CT molecular complexity index is 593. The van der Waals surface area contributed by atoms with Crippen LogP contribution in [0.15, 0.2) is 24.4 Å². The van der Waals surface area contributed by atoms with Crippen LogP contribution in [0.1, 0.15) is 10.4 Å². The van der Waals surface area contributed by atoms with E-state index >= 15 is 0 Å². The quantitative estimate of drug-likeness (QED) is 0.595. The largest absolute Gasteiger partial charge is 0.479 e. The van der Waals surface area contributed by atoms with E-state index in [9.17, 15) is 9.59 Å². The zero-order valence-corrected chi connectivity index (χ0v) is 9.25. The van der Waals surface area contributed by atoms with E-state index < -0.39 is 18.0 Å². The average Bonchev–Trinajstić information content (AvgIpc) is 2.82. The number of carboxylic acid groups (broad SMARTS) is 1. The summed E-state index contributed by atoms with van der Waals surface area (Å²) in [6.45, 7) is -0.338. The van der Waals surface area contributed by atoms with Crippen LogP contribution < -0.4 is 5.32 Å². The minimum atomic E-state index is -1.61. The van der Waals surface area contributed by atoms with Gasteiger partial charge in [-0.3, -0.25) is 9.89 Å². The van der Waals surface area contributed by atoms with Gasteiger partial charge in [0.15, 0.2) is 6.10 Å². The maximum Gasteiger partial charge on any atom is 0.334 e. The van der Waals surface area contributed by atoms with Crippen molar-refractivity contribution in [3.05, 3.63) is 30.0 Å². The summed E-state index contributed by atoms with van der Waals surface area (Å²) in [5.74, 6) is -1.83. The van der Waals surface area contributed by atoms with Crippen molar-refractivity contribution < 1.29 is 19.8 Å². The number of hydrogen-bond acceptors (Lipinski definition) is 4. The summed E-state index contributed by atoms with van der Waals surface area (Å²) in [6, 6.07) is 4.92. The second-order valence-electron chi connectivity index (χ2n) is 3.74. The number of nitrogens with one attached hydrogen (secondary N) is 2. The minimum Gasteiger partial charge on any atom is -0.479 e. The summed E-state index contributed by atoms with van der Waals surface area (Å²) in [7, 11) is 0. The van der Waals surface area contributed by atoms with Crippen molar-refractivity contribution in [2.75, 3.05) is 6.54 Å². The summed E-state index contributed by atoms with van der Waals surface area (Å²) in [4.78, 5) is 22.1. The Morgan fingerprint density at radius 2 is 2.22 bits per heavy atom. The van der Waals surface area contributed by atoms with Crippen LogP contribution in [0.25, 0.3) is 10.9 Å². The molecule has 1 atom stereocenters. The molecule has 0 saturated heterocycles. The number of aromatic nitrogens is 2. The highest BCUT2D eigenvalue weighted by Gasteiger charge is 2.15. The summed E-state index contributed by atoms with van der Waals surface area (Å²) >= 11 is 0. The molecular weight excluding hydrogens is 238 g/mol. The van der Waals surface area contributed by atoms with Crippen molar-refractivity contribution in [2.24, 2.45) is 0 Å². The number of fused-ring (bicyclic) bond motifs is 1. The number of hydrogen-bond donors (Lipinski definition) is 4. The summed E-state index contributed by atoms with van der Waals surface area (Å²) in [5.41, 5.74) is 1.07. The van der Waals surface area contributed by atoms with E-state index in [1.54, 1.807) is 24.4 Å². The molecule has 7 nitrogen and oxygen atoms in total. The van der Waals surface area contributed by atoms with Gasteiger partial charge in [0.25, 0.3) is 5.91 Å². The maximum atomic E-state index is 11.7. The van der Waals surface area contributed by atoms with E-state index in [-0.39, 0.29) is 6.54 Å². The highest BCUT2D eigenvalue weighted by Crippen LogP contribution is 2.12. The fraction of sp³-hybridized carbons (Fsp3) is 0.182. The zero-order chi connectivity index (χ0) is 13.1. The molecule has 4 N–H and O–H groups in total. The smallest absolute Gasteiger partial charge is 0.334 e. The third-order valence-corrected chi connectivity index (χ3v) is 2.45. The highest BCUT2D eigenvalue weighted by atomic mass is 16.4. The van der Waals surface area contributed by atoms with Gasteiger partial charge in [-0.2, -0.15) is 5.10 Å². The molecule has 18 heavy (non-hydrogen) atoms. The Balaban J connectivity index is 2.06. The van der Waals surface area contributed by atoms with Gasteiger partial charge in [0, 0.05) is 10.9 Å². The molecular formula is C11H11N3O4. The number of aliphatic hydroxyl groups is 1. The lowest BCUT2D eigenvalue weighted by Gasteiger charge is -2.07. The molecule has 0 spiro atoms. The van der Waals surface area contributed by atoms with Crippen molar-refractivity contribution >= 4 is 22.8 Å². The molecule has 2 aromatic rings. The van der Waals surface area contributed by atoms with Gasteiger partial charge in [-0.25, -0.2) is 4.79 Å². The van der Waals surface area contributed by atoms with E-state index in [1.165, 1.54) is 0 Å². The molecule has 0 fully saturated rings. The van der Waals surface area contributed by atoms with Gasteiger partial charge in [-0.05, 0) is 12.1 Å². The third-order valence-electron chi connectivity index (χ3n) is 2.45. The normalized spacial score (nSPS) is 12.3. The Kier molecular flexibility index (Phi) is 3.24. The molecule has 0 aliphatic heterocycles. The molecule has 1 heterocycles. The fourth-order valence-corrected chi connectivity index (χ4v) is 1.46. The second-order valence-corrected chi connectivity index (χ2v) is 3.74. The van der Waals surface area contributed by atoms with Gasteiger partial charge in [-0.1, -0.05) is 6.07 Å². The van der Waals surface area contributed by atoms with E-state index in [1.807, 2.05) is 0 Å². The van der Waals surface area contributed by atoms with E-state index in [0.29, 0.717) is 11.1 Å². The van der Waals surface area contributed by atoms with Crippen molar-refractivity contribution in [1.82, 2.24) is 15.5 Å². The first-order valence-electron chi connectivity index (χ1n) is 5.20. The van der Waals surface area contributed by atoms with Crippen LogP contribution in [0.4, 0.5) is 0 Å². The minimum absolute atomic E-state index is 0.338. The van der Waals surface area contributed by atoms with Gasteiger partial charge in [-0.15, -0.1) is 0 Å². The lowest BCUT2D eigenvalue weighted by atomic mass is 10.1. The molecule has 0 bridgehead atoms. The summed E-state index contributed by atoms with van der Waals surface area (Å²) in [6.07, 6.45) is 0.0235. The first kappa shape index (κ1) is 12.1. The van der Waals surface area contributed by atoms with Crippen LogP contribution in [0, 0.1) is 0 Å². The van der Waals surface area contributed by atoms with E-state index in [2.05, 4.69) is 15.5 Å². The first-order chi connectivity index (χ1) is 8.58. The van der Waals surface area contributed by atoms with Gasteiger partial charge in [0.05, 0.1) is 18.3 Å². The van der Waals surface area contributed by atoms with Gasteiger partial charge < -0.3 is 15.5 Å². The fourth-order valence-electron chi connectivity index (χ4n) is 1.46. The molecule has 94 valence electrons. The number of aliphatic carboxylic acids is 1. The third kappa shape index (κ3) is 2.46. The van der Waals surface area contributed by atoms with Crippen molar-refractivity contribution in [3.8, 4) is 0 Å². The molecule has 1 amide bonds. The number of aromatic amines is 1. The number of carbonyl (C=O) groups is 2. The lowest BCUT2D eigenvalue weighted by Crippen LogP contribution is -2.36. The first-order valence-corrected chi connectivity index (χ1v) is 5.20. The molecule has 0 saturated carbocycles. The molecule has 2 rings (SSSR count). The molecule has 0 radical (unpaired) electrons. The number of benzene rings is 1. The Morgan fingerprint density at radius 3 is 2.94 bits per heavy atom. The van der Waals surface area contributed by atoms with Crippen molar-refractivity contribution in [1.29, 1.82) is 0 Å². The number of rotatable bonds is 4. The number of nitrogens with zero attached hydrogens (tertiary/aromatic N) is 1. The standard InChI is InChI=1S/C11H11N3O4/c15-9(11(17)18)5-12-10(16)6-1-2-7-4-13-14-8(7)3-6/h1-4,9,15H,5H2,(H,12,16)(H,13,14)(H,17,18). The predicted octanol–water partition coefficient (Wildman–Crippen LogP) is -0.262. The van der Waals surface area contributed by atoms with Crippen LogP contribution in [-0.2, 0) is 4.79 Å². The maximum absolute atomic E-state index is 11.7. The Hall–Kier alpha value is -2.41. The predicted molar refractivity (Wildman–Crippen MR) is 62.1 cm³/mol. The van der Waals surface area contributed by atoms with E-state index in [0.717, 1.165) is 5.39 Å². The molecule has 1 aromatic carbocycles. The molecule has 1 unspecified atom stereocenters. The van der Waals surface area contributed by atoms with Crippen molar-refractivity contribution in [2.45, 2.75) is 6.10 Å². The van der Waals surface area contributed by atoms with Crippen LogP contribution in [-0.4, -0.2) is 44.9 Å². The molecule has 7 heteroatoms. The Labute approximate surface area is 101 Å². The van der Waals surface area contributed by atoms with Crippen LogP contribution >= 0.6 is 0 Å². The van der Waals surface area contributed by atoms with Gasteiger partial charge in [0.1, 0.15) is 0 Å². The number of H-pyrrole nitrogens is 1. The van der Waals surface area contributed by atoms with Crippen LogP contribution in [0.3, 0.4) is 0 Å². The van der Waals surface area contributed by atoms with Crippen LogP contribution in [0.2, 0.25) is 0 Å². The molecule has 1 aromatic heterocycles. The van der Waals surface area contributed by atoms with Gasteiger partial charge in [0.2, 0.25) is 0 Å². The van der Waals surface area contributed by atoms with Crippen molar-refractivity contribution in [3.63, 3.8) is 0 Å². The second kappa shape index (κ2) is 4.84. The Morgan fingerprint density at radius 1 is 1.44 bits per heavy atom. The number of aliphatic hydroxyl groups excluding tert-OH is 1.